The highest BCUT2D eigenvalue weighted by atomic mass is 35.5. The number of anilines is 2. The second kappa shape index (κ2) is 8.77. The first kappa shape index (κ1) is 21.5. The Labute approximate surface area is 184 Å². The lowest BCUT2D eigenvalue weighted by atomic mass is 10.2. The van der Waals surface area contributed by atoms with Gasteiger partial charge in [0.25, 0.3) is 5.91 Å². The molecular weight excluding hydrogens is 444 g/mol. The molecule has 0 aliphatic carbocycles. The molecule has 0 radical (unpaired) electrons. The quantitative estimate of drug-likeness (QED) is 0.609. The van der Waals surface area contributed by atoms with Crippen LogP contribution in [-0.4, -0.2) is 71.5 Å². The summed E-state index contributed by atoms with van der Waals surface area (Å²) in [6, 6.07) is 4.92. The standard InChI is InChI=1S/C19H21ClN6O4S/c1-31(28,29)12-26-16-9-15(19(27)25-5-2-7-30-8-6-25)21-11-14(16)18(24-26)23-17-4-3-13(20)10-22-17/h3-4,9-11H,2,5-8,12H2,1H3,(H,22,23,24). The fourth-order valence-corrected chi connectivity index (χ4v) is 4.03. The van der Waals surface area contributed by atoms with Gasteiger partial charge in [0.05, 0.1) is 22.5 Å². The van der Waals surface area contributed by atoms with E-state index in [1.165, 1.54) is 17.1 Å². The van der Waals surface area contributed by atoms with E-state index >= 15 is 0 Å². The Kier molecular flexibility index (Phi) is 6.08. The van der Waals surface area contributed by atoms with Crippen molar-refractivity contribution in [3.8, 4) is 0 Å². The molecule has 4 heterocycles. The van der Waals surface area contributed by atoms with Crippen LogP contribution in [0.25, 0.3) is 10.9 Å². The lowest BCUT2D eigenvalue weighted by Crippen LogP contribution is -2.33. The van der Waals surface area contributed by atoms with E-state index in [-0.39, 0.29) is 17.5 Å². The van der Waals surface area contributed by atoms with Gasteiger partial charge < -0.3 is 15.0 Å². The number of hydrogen-bond donors (Lipinski definition) is 1. The fourth-order valence-electron chi connectivity index (χ4n) is 3.28. The van der Waals surface area contributed by atoms with Crippen molar-refractivity contribution in [1.29, 1.82) is 0 Å². The third-order valence-corrected chi connectivity index (χ3v) is 5.63. The fraction of sp³-hybridized carbons (Fsp3) is 0.368. The summed E-state index contributed by atoms with van der Waals surface area (Å²) >= 11 is 5.88. The molecule has 0 unspecified atom stereocenters. The molecule has 164 valence electrons. The van der Waals surface area contributed by atoms with Crippen molar-refractivity contribution in [2.24, 2.45) is 0 Å². The van der Waals surface area contributed by atoms with Crippen molar-refractivity contribution in [1.82, 2.24) is 24.6 Å². The topological polar surface area (TPSA) is 119 Å². The molecule has 31 heavy (non-hydrogen) atoms. The van der Waals surface area contributed by atoms with E-state index in [0.29, 0.717) is 53.9 Å². The molecule has 3 aromatic rings. The number of carbonyl (C=O) groups is 1. The van der Waals surface area contributed by atoms with E-state index in [4.69, 9.17) is 16.3 Å². The Morgan fingerprint density at radius 1 is 1.23 bits per heavy atom. The SMILES string of the molecule is CS(=O)(=O)Cn1nc(Nc2ccc(Cl)cn2)c2cnc(C(=O)N3CCCOCC3)cc21. The minimum atomic E-state index is -3.38. The normalized spacial score (nSPS) is 15.1. The number of rotatable bonds is 5. The van der Waals surface area contributed by atoms with Crippen molar-refractivity contribution >= 4 is 49.9 Å². The molecule has 12 heteroatoms. The molecule has 1 aliphatic rings. The lowest BCUT2D eigenvalue weighted by molar-refractivity contribution is 0.0735. The lowest BCUT2D eigenvalue weighted by Gasteiger charge is -2.19. The molecule has 1 fully saturated rings. The summed E-state index contributed by atoms with van der Waals surface area (Å²) in [6.07, 6.45) is 4.88. The number of ether oxygens (including phenoxy) is 1. The maximum atomic E-state index is 12.9. The van der Waals surface area contributed by atoms with Crippen LogP contribution in [0.4, 0.5) is 11.6 Å². The second-order valence-corrected chi connectivity index (χ2v) is 9.78. The number of nitrogens with one attached hydrogen (secondary N) is 1. The molecule has 0 bridgehead atoms. The van der Waals surface area contributed by atoms with E-state index in [1.807, 2.05) is 0 Å². The Morgan fingerprint density at radius 3 is 2.81 bits per heavy atom. The largest absolute Gasteiger partial charge is 0.380 e. The number of halogens is 1. The highest BCUT2D eigenvalue weighted by Gasteiger charge is 2.22. The first-order chi connectivity index (χ1) is 14.8. The van der Waals surface area contributed by atoms with E-state index in [1.54, 1.807) is 23.1 Å². The third kappa shape index (κ3) is 5.12. The second-order valence-electron chi connectivity index (χ2n) is 7.23. The zero-order valence-corrected chi connectivity index (χ0v) is 18.4. The monoisotopic (exact) mass is 464 g/mol. The molecule has 0 spiro atoms. The van der Waals surface area contributed by atoms with Gasteiger partial charge in [-0.1, -0.05) is 11.6 Å². The molecule has 1 aliphatic heterocycles. The van der Waals surface area contributed by atoms with Gasteiger partial charge in [-0.25, -0.2) is 18.1 Å². The Bertz CT molecular complexity index is 1200. The number of nitrogens with zero attached hydrogens (tertiary/aromatic N) is 5. The molecule has 0 saturated carbocycles. The highest BCUT2D eigenvalue weighted by molar-refractivity contribution is 7.89. The molecule has 3 aromatic heterocycles. The van der Waals surface area contributed by atoms with Crippen LogP contribution in [0.1, 0.15) is 16.9 Å². The Morgan fingerprint density at radius 2 is 2.06 bits per heavy atom. The van der Waals surface area contributed by atoms with Crippen LogP contribution in [0.3, 0.4) is 0 Å². The van der Waals surface area contributed by atoms with Crippen LogP contribution in [0.15, 0.2) is 30.6 Å². The summed E-state index contributed by atoms with van der Waals surface area (Å²) < 4.78 is 30.6. The van der Waals surface area contributed by atoms with Gasteiger partial charge in [0.15, 0.2) is 15.7 Å². The summed E-state index contributed by atoms with van der Waals surface area (Å²) in [4.78, 5) is 23.1. The average Bonchev–Trinajstić information content (AvgIpc) is 2.90. The number of fused-ring (bicyclic) bond motifs is 1. The highest BCUT2D eigenvalue weighted by Crippen LogP contribution is 2.26. The predicted octanol–water partition coefficient (Wildman–Crippen LogP) is 2.09. The summed E-state index contributed by atoms with van der Waals surface area (Å²) in [5.74, 6) is 0.297. The van der Waals surface area contributed by atoms with Gasteiger partial charge in [-0.05, 0) is 24.6 Å². The number of pyridine rings is 2. The van der Waals surface area contributed by atoms with E-state index in [2.05, 4.69) is 20.4 Å². The molecule has 10 nitrogen and oxygen atoms in total. The number of hydrogen-bond acceptors (Lipinski definition) is 8. The summed E-state index contributed by atoms with van der Waals surface area (Å²) in [6.45, 7) is 2.15. The predicted molar refractivity (Wildman–Crippen MR) is 116 cm³/mol. The number of aromatic nitrogens is 4. The van der Waals surface area contributed by atoms with Crippen molar-refractivity contribution in [3.05, 3.63) is 41.3 Å². The zero-order chi connectivity index (χ0) is 22.0. The number of amides is 1. The van der Waals surface area contributed by atoms with Crippen LogP contribution in [0.5, 0.6) is 0 Å². The van der Waals surface area contributed by atoms with Crippen LogP contribution < -0.4 is 5.32 Å². The van der Waals surface area contributed by atoms with Gasteiger partial charge in [0.1, 0.15) is 17.4 Å². The van der Waals surface area contributed by atoms with Crippen molar-refractivity contribution < 1.29 is 17.9 Å². The first-order valence-corrected chi connectivity index (χ1v) is 12.0. The van der Waals surface area contributed by atoms with Crippen LogP contribution in [-0.2, 0) is 20.5 Å². The Balaban J connectivity index is 1.72. The van der Waals surface area contributed by atoms with Crippen LogP contribution >= 0.6 is 11.6 Å². The molecule has 0 atom stereocenters. The van der Waals surface area contributed by atoms with Gasteiger partial charge in [-0.15, -0.1) is 0 Å². The summed E-state index contributed by atoms with van der Waals surface area (Å²) in [5.41, 5.74) is 0.700. The first-order valence-electron chi connectivity index (χ1n) is 9.60. The van der Waals surface area contributed by atoms with E-state index in [9.17, 15) is 13.2 Å². The van der Waals surface area contributed by atoms with E-state index in [0.717, 1.165) is 12.7 Å². The van der Waals surface area contributed by atoms with Gasteiger partial charge in [0.2, 0.25) is 0 Å². The molecule has 0 aromatic carbocycles. The van der Waals surface area contributed by atoms with Crippen molar-refractivity contribution in [2.75, 3.05) is 37.9 Å². The molecule has 1 saturated heterocycles. The number of carbonyl (C=O) groups excluding carboxylic acids is 1. The number of sulfone groups is 1. The third-order valence-electron chi connectivity index (χ3n) is 4.70. The zero-order valence-electron chi connectivity index (χ0n) is 16.8. The minimum absolute atomic E-state index is 0.222. The maximum Gasteiger partial charge on any atom is 0.272 e. The van der Waals surface area contributed by atoms with Gasteiger partial charge in [-0.3, -0.25) is 9.78 Å². The van der Waals surface area contributed by atoms with Crippen molar-refractivity contribution in [2.45, 2.75) is 12.3 Å². The van der Waals surface area contributed by atoms with Gasteiger partial charge in [0, 0.05) is 38.3 Å². The van der Waals surface area contributed by atoms with E-state index < -0.39 is 9.84 Å². The average molecular weight is 465 g/mol. The van der Waals surface area contributed by atoms with Crippen LogP contribution in [0.2, 0.25) is 5.02 Å². The molecular formula is C19H21ClN6O4S. The summed E-state index contributed by atoms with van der Waals surface area (Å²) in [5, 5.41) is 8.49. The smallest absolute Gasteiger partial charge is 0.272 e. The summed E-state index contributed by atoms with van der Waals surface area (Å²) in [7, 11) is -3.38. The molecule has 4 rings (SSSR count). The van der Waals surface area contributed by atoms with Gasteiger partial charge >= 0.3 is 0 Å². The molecule has 1 amide bonds. The maximum absolute atomic E-state index is 12.9. The van der Waals surface area contributed by atoms with Crippen molar-refractivity contribution in [3.63, 3.8) is 0 Å². The molecule has 1 N–H and O–H groups in total. The van der Waals surface area contributed by atoms with Gasteiger partial charge in [-0.2, -0.15) is 5.10 Å². The Hall–Kier alpha value is -2.76. The van der Waals surface area contributed by atoms with Crippen LogP contribution in [0, 0.1) is 0 Å². The minimum Gasteiger partial charge on any atom is -0.380 e.